The average molecular weight is 404 g/mol. The highest BCUT2D eigenvalue weighted by Gasteiger charge is 2.32. The lowest BCUT2D eigenvalue weighted by Crippen LogP contribution is -2.39. The molecule has 0 aliphatic carbocycles. The van der Waals surface area contributed by atoms with E-state index in [0.29, 0.717) is 6.42 Å². The summed E-state index contributed by atoms with van der Waals surface area (Å²) in [6.07, 6.45) is 19.7. The largest absolute Gasteiger partial charge is 0.329 e. The molecule has 0 fully saturated rings. The van der Waals surface area contributed by atoms with Crippen LogP contribution in [0.25, 0.3) is 0 Å². The summed E-state index contributed by atoms with van der Waals surface area (Å²) in [5.74, 6) is -0.865. The van der Waals surface area contributed by atoms with Gasteiger partial charge in [0.1, 0.15) is 0 Å². The van der Waals surface area contributed by atoms with E-state index in [0.717, 1.165) is 32.1 Å². The van der Waals surface area contributed by atoms with Gasteiger partial charge >= 0.3 is 0 Å². The van der Waals surface area contributed by atoms with Crippen LogP contribution in [-0.2, 0) is 14.9 Å². The summed E-state index contributed by atoms with van der Waals surface area (Å²) in [7, 11) is -4.40. The normalized spacial score (nSPS) is 14.5. The maximum Gasteiger partial charge on any atom is 0.276 e. The fourth-order valence-electron chi connectivity index (χ4n) is 3.19. The molecule has 0 rings (SSSR count). The fraction of sp³-hybridized carbons (Fsp3) is 0.857. The third kappa shape index (κ3) is 14.0. The van der Waals surface area contributed by atoms with Crippen LogP contribution < -0.4 is 5.73 Å². The molecule has 2 atom stereocenters. The molecule has 6 heteroatoms. The van der Waals surface area contributed by atoms with Gasteiger partial charge in [0.25, 0.3) is 10.1 Å². The van der Waals surface area contributed by atoms with Gasteiger partial charge in [-0.2, -0.15) is 8.42 Å². The highest BCUT2D eigenvalue weighted by Crippen LogP contribution is 2.16. The van der Waals surface area contributed by atoms with E-state index < -0.39 is 27.1 Å². The number of allylic oxidation sites excluding steroid dienone is 2. The summed E-state index contributed by atoms with van der Waals surface area (Å²) < 4.78 is 31.4. The van der Waals surface area contributed by atoms with Crippen LogP contribution >= 0.6 is 0 Å². The van der Waals surface area contributed by atoms with Crippen LogP contribution in [0.3, 0.4) is 0 Å². The standard InChI is InChI=1S/C21H41NO4S/c1-3-4-5-6-7-8-9-10-11-12-13-14-15-16-17-19(2)21(23)20(18-22)27(24,25)26/h10-11,19-20H,3-9,12-18,22H2,1-2H3,(H,24,25,26)/b11-10-. The Bertz CT molecular complexity index is 502. The Labute approximate surface area is 166 Å². The van der Waals surface area contributed by atoms with Crippen LogP contribution in [0.15, 0.2) is 12.2 Å². The van der Waals surface area contributed by atoms with E-state index in [4.69, 9.17) is 10.3 Å². The maximum atomic E-state index is 12.1. The van der Waals surface area contributed by atoms with E-state index in [1.54, 1.807) is 6.92 Å². The first-order valence-electron chi connectivity index (χ1n) is 10.7. The van der Waals surface area contributed by atoms with Crippen molar-refractivity contribution < 1.29 is 17.8 Å². The van der Waals surface area contributed by atoms with E-state index in [-0.39, 0.29) is 6.54 Å². The highest BCUT2D eigenvalue weighted by atomic mass is 32.2. The first kappa shape index (κ1) is 26.3. The molecule has 0 spiro atoms. The zero-order chi connectivity index (χ0) is 20.5. The smallest absolute Gasteiger partial charge is 0.276 e. The SMILES string of the molecule is CCCCCCCC/C=C\CCCCCCC(C)C(=O)C(CN)S(=O)(=O)O. The van der Waals surface area contributed by atoms with Crippen LogP contribution in [0.4, 0.5) is 0 Å². The summed E-state index contributed by atoms with van der Waals surface area (Å²) in [6.45, 7) is 3.58. The van der Waals surface area contributed by atoms with Gasteiger partial charge < -0.3 is 5.73 Å². The van der Waals surface area contributed by atoms with Crippen molar-refractivity contribution in [2.24, 2.45) is 11.7 Å². The molecule has 5 nitrogen and oxygen atoms in total. The molecule has 2 unspecified atom stereocenters. The van der Waals surface area contributed by atoms with Crippen LogP contribution in [0.5, 0.6) is 0 Å². The second-order valence-electron chi connectivity index (χ2n) is 7.56. The first-order valence-corrected chi connectivity index (χ1v) is 12.2. The Kier molecular flexibility index (Phi) is 15.8. The molecule has 27 heavy (non-hydrogen) atoms. The van der Waals surface area contributed by atoms with Crippen molar-refractivity contribution in [2.45, 2.75) is 103 Å². The molecule has 0 aromatic heterocycles. The summed E-state index contributed by atoms with van der Waals surface area (Å²) in [5, 5.41) is -1.48. The number of ketones is 1. The number of rotatable bonds is 18. The fourth-order valence-corrected chi connectivity index (χ4v) is 3.96. The van der Waals surface area contributed by atoms with Gasteiger partial charge in [0.05, 0.1) is 0 Å². The van der Waals surface area contributed by atoms with Crippen molar-refractivity contribution in [2.75, 3.05) is 6.54 Å². The van der Waals surface area contributed by atoms with E-state index in [1.807, 2.05) is 0 Å². The lowest BCUT2D eigenvalue weighted by molar-refractivity contribution is -0.122. The third-order valence-corrected chi connectivity index (χ3v) is 6.17. The predicted octanol–water partition coefficient (Wildman–Crippen LogP) is 5.05. The summed E-state index contributed by atoms with van der Waals surface area (Å²) in [6, 6.07) is 0. The molecule has 0 saturated heterocycles. The lowest BCUT2D eigenvalue weighted by Gasteiger charge is -2.16. The minimum atomic E-state index is -4.40. The molecule has 0 aliphatic heterocycles. The maximum absolute atomic E-state index is 12.1. The van der Waals surface area contributed by atoms with Gasteiger partial charge in [0.2, 0.25) is 0 Å². The Morgan fingerprint density at radius 2 is 1.41 bits per heavy atom. The van der Waals surface area contributed by atoms with Gasteiger partial charge in [0.15, 0.2) is 11.0 Å². The van der Waals surface area contributed by atoms with Crippen LogP contribution in [-0.4, -0.2) is 30.5 Å². The minimum Gasteiger partial charge on any atom is -0.329 e. The topological polar surface area (TPSA) is 97.5 Å². The molecule has 3 N–H and O–H groups in total. The zero-order valence-corrected chi connectivity index (χ0v) is 18.2. The summed E-state index contributed by atoms with van der Waals surface area (Å²) >= 11 is 0. The van der Waals surface area contributed by atoms with Crippen molar-refractivity contribution in [1.82, 2.24) is 0 Å². The Morgan fingerprint density at radius 1 is 0.926 bits per heavy atom. The predicted molar refractivity (Wildman–Crippen MR) is 113 cm³/mol. The molecule has 160 valence electrons. The molecular weight excluding hydrogens is 362 g/mol. The number of Topliss-reactive ketones (excluding diaryl/α,β-unsaturated/α-hetero) is 1. The third-order valence-electron chi connectivity index (χ3n) is 5.03. The number of unbranched alkanes of at least 4 members (excludes halogenated alkanes) is 10. The summed E-state index contributed by atoms with van der Waals surface area (Å²) in [5.41, 5.74) is 5.31. The highest BCUT2D eigenvalue weighted by molar-refractivity contribution is 7.87. The number of nitrogens with two attached hydrogens (primary N) is 1. The van der Waals surface area contributed by atoms with Crippen molar-refractivity contribution >= 4 is 15.9 Å². The zero-order valence-electron chi connectivity index (χ0n) is 17.4. The van der Waals surface area contributed by atoms with Crippen molar-refractivity contribution in [3.63, 3.8) is 0 Å². The molecule has 0 radical (unpaired) electrons. The minimum absolute atomic E-state index is 0.368. The molecule has 0 amide bonds. The number of carbonyl (C=O) groups is 1. The number of hydrogen-bond donors (Lipinski definition) is 2. The van der Waals surface area contributed by atoms with Crippen molar-refractivity contribution in [1.29, 1.82) is 0 Å². The van der Waals surface area contributed by atoms with Gasteiger partial charge in [-0.1, -0.05) is 77.4 Å². The Hall–Kier alpha value is -0.720. The lowest BCUT2D eigenvalue weighted by atomic mass is 9.96. The second kappa shape index (κ2) is 16.3. The molecule has 0 aliphatic rings. The van der Waals surface area contributed by atoms with Crippen LogP contribution in [0.2, 0.25) is 0 Å². The van der Waals surface area contributed by atoms with Gasteiger partial charge in [-0.25, -0.2) is 0 Å². The van der Waals surface area contributed by atoms with Crippen LogP contribution in [0, 0.1) is 5.92 Å². The molecule has 0 aromatic rings. The number of carbonyl (C=O) groups excluding carboxylic acids is 1. The Balaban J connectivity index is 3.66. The summed E-state index contributed by atoms with van der Waals surface area (Å²) in [4.78, 5) is 12.1. The van der Waals surface area contributed by atoms with Gasteiger partial charge in [0, 0.05) is 12.5 Å². The van der Waals surface area contributed by atoms with Gasteiger partial charge in [-0.3, -0.25) is 9.35 Å². The van der Waals surface area contributed by atoms with E-state index in [9.17, 15) is 13.2 Å². The molecule has 0 saturated carbocycles. The molecular formula is C21H41NO4S. The second-order valence-corrected chi connectivity index (χ2v) is 9.16. The quantitative estimate of drug-likeness (QED) is 0.189. The van der Waals surface area contributed by atoms with E-state index in [2.05, 4.69) is 19.1 Å². The van der Waals surface area contributed by atoms with E-state index >= 15 is 0 Å². The number of hydrogen-bond acceptors (Lipinski definition) is 4. The first-order chi connectivity index (χ1) is 12.8. The Morgan fingerprint density at radius 3 is 1.89 bits per heavy atom. The van der Waals surface area contributed by atoms with Gasteiger partial charge in [-0.05, 0) is 32.1 Å². The molecule has 0 aromatic carbocycles. The molecule has 0 bridgehead atoms. The van der Waals surface area contributed by atoms with Crippen molar-refractivity contribution in [3.05, 3.63) is 12.2 Å². The molecule has 0 heterocycles. The van der Waals surface area contributed by atoms with Crippen LogP contribution in [0.1, 0.15) is 97.3 Å². The monoisotopic (exact) mass is 403 g/mol. The average Bonchev–Trinajstić information content (AvgIpc) is 2.61. The van der Waals surface area contributed by atoms with Gasteiger partial charge in [-0.15, -0.1) is 0 Å². The van der Waals surface area contributed by atoms with E-state index in [1.165, 1.54) is 44.9 Å². The van der Waals surface area contributed by atoms with Crippen molar-refractivity contribution in [3.8, 4) is 0 Å².